The molecule has 0 amide bonds. The minimum Gasteiger partial charge on any atom is -0.461 e. The van der Waals surface area contributed by atoms with Gasteiger partial charge in [-0.15, -0.1) is 0 Å². The van der Waals surface area contributed by atoms with E-state index in [9.17, 15) is 9.59 Å². The number of benzene rings is 2. The first-order chi connectivity index (χ1) is 18.9. The lowest BCUT2D eigenvalue weighted by Gasteiger charge is -2.44. The van der Waals surface area contributed by atoms with E-state index in [0.29, 0.717) is 11.8 Å². The number of carbonyl (C=O) groups is 2. The number of rotatable bonds is 8. The van der Waals surface area contributed by atoms with Crippen LogP contribution in [0.2, 0.25) is 0 Å². The number of ether oxygens (including phenoxy) is 2. The zero-order valence-corrected chi connectivity index (χ0v) is 25.7. The van der Waals surface area contributed by atoms with Crippen LogP contribution in [0.4, 0.5) is 0 Å². The maximum absolute atomic E-state index is 13.5. The molecule has 0 N–H and O–H groups in total. The third kappa shape index (κ3) is 6.64. The zero-order chi connectivity index (χ0) is 29.1. The highest BCUT2D eigenvalue weighted by atomic mass is 16.6. The topological polar surface area (TPSA) is 52.6 Å². The molecule has 2 aromatic carbocycles. The first-order valence-corrected chi connectivity index (χ1v) is 15.4. The summed E-state index contributed by atoms with van der Waals surface area (Å²) >= 11 is 0. The maximum atomic E-state index is 13.5. The third-order valence-corrected chi connectivity index (χ3v) is 10.2. The number of hydrogen-bond donors (Lipinski definition) is 0. The Bertz CT molecular complexity index is 1030. The van der Waals surface area contributed by atoms with Crippen molar-refractivity contribution >= 4 is 11.9 Å². The number of carbonyl (C=O) groups excluding carboxylic acids is 2. The summed E-state index contributed by atoms with van der Waals surface area (Å²) in [5.74, 6) is -0.529. The molecule has 0 heterocycles. The van der Waals surface area contributed by atoms with E-state index in [4.69, 9.17) is 9.47 Å². The molecule has 40 heavy (non-hydrogen) atoms. The van der Waals surface area contributed by atoms with Crippen molar-refractivity contribution in [1.82, 2.24) is 0 Å². The monoisotopic (exact) mass is 546 g/mol. The third-order valence-electron chi connectivity index (χ3n) is 10.2. The van der Waals surface area contributed by atoms with Crippen LogP contribution in [0.15, 0.2) is 60.7 Å². The van der Waals surface area contributed by atoms with Crippen LogP contribution in [0.5, 0.6) is 0 Å². The molecule has 0 aromatic heterocycles. The van der Waals surface area contributed by atoms with E-state index in [-0.39, 0.29) is 34.9 Å². The van der Waals surface area contributed by atoms with Gasteiger partial charge in [0.15, 0.2) is 5.92 Å². The van der Waals surface area contributed by atoms with Crippen LogP contribution in [-0.4, -0.2) is 24.1 Å². The molecule has 4 nitrogen and oxygen atoms in total. The van der Waals surface area contributed by atoms with E-state index in [2.05, 4.69) is 90.1 Å². The lowest BCUT2D eigenvalue weighted by Crippen LogP contribution is -2.46. The van der Waals surface area contributed by atoms with Gasteiger partial charge in [0, 0.05) is 11.8 Å². The van der Waals surface area contributed by atoms with Crippen molar-refractivity contribution in [3.63, 3.8) is 0 Å². The first kappa shape index (κ1) is 30.3. The van der Waals surface area contributed by atoms with E-state index in [1.165, 1.54) is 11.1 Å². The average molecular weight is 547 g/mol. The Morgan fingerprint density at radius 1 is 0.650 bits per heavy atom. The number of esters is 2. The molecule has 2 aromatic rings. The van der Waals surface area contributed by atoms with Crippen LogP contribution in [0.25, 0.3) is 0 Å². The molecule has 2 aliphatic rings. The second-order valence-electron chi connectivity index (χ2n) is 13.9. The van der Waals surface area contributed by atoms with Crippen LogP contribution in [0, 0.1) is 29.6 Å². The highest BCUT2D eigenvalue weighted by Crippen LogP contribution is 2.45. The van der Waals surface area contributed by atoms with E-state index < -0.39 is 17.9 Å². The van der Waals surface area contributed by atoms with Crippen molar-refractivity contribution in [2.75, 3.05) is 0 Å². The molecule has 4 rings (SSSR count). The van der Waals surface area contributed by atoms with Crippen LogP contribution in [0.1, 0.15) is 98.1 Å². The van der Waals surface area contributed by atoms with Gasteiger partial charge in [0.1, 0.15) is 12.2 Å². The van der Waals surface area contributed by atoms with Gasteiger partial charge in [0.2, 0.25) is 0 Å². The summed E-state index contributed by atoms with van der Waals surface area (Å²) < 4.78 is 12.4. The Morgan fingerprint density at radius 3 is 1.35 bits per heavy atom. The fourth-order valence-corrected chi connectivity index (χ4v) is 7.33. The largest absolute Gasteiger partial charge is 0.461 e. The Morgan fingerprint density at radius 2 is 1.00 bits per heavy atom. The van der Waals surface area contributed by atoms with Crippen molar-refractivity contribution < 1.29 is 19.1 Å². The minimum absolute atomic E-state index is 0.148. The van der Waals surface area contributed by atoms with Crippen molar-refractivity contribution in [3.8, 4) is 0 Å². The first-order valence-electron chi connectivity index (χ1n) is 15.4. The highest BCUT2D eigenvalue weighted by Gasteiger charge is 2.45. The summed E-state index contributed by atoms with van der Waals surface area (Å²) in [4.78, 5) is 26.9. The summed E-state index contributed by atoms with van der Waals surface area (Å²) in [7, 11) is 0. The van der Waals surface area contributed by atoms with Gasteiger partial charge in [-0.1, -0.05) is 115 Å². The van der Waals surface area contributed by atoms with Crippen LogP contribution in [-0.2, 0) is 29.9 Å². The molecule has 0 aliphatic heterocycles. The van der Waals surface area contributed by atoms with E-state index in [1.807, 2.05) is 12.1 Å². The van der Waals surface area contributed by atoms with Gasteiger partial charge in [-0.25, -0.2) is 0 Å². The fraction of sp³-hybridized carbons (Fsp3) is 0.611. The zero-order valence-electron chi connectivity index (χ0n) is 25.7. The van der Waals surface area contributed by atoms with Gasteiger partial charge in [-0.2, -0.15) is 0 Å². The second-order valence-corrected chi connectivity index (χ2v) is 13.9. The molecule has 0 spiro atoms. The Labute approximate surface area is 242 Å². The predicted molar refractivity (Wildman–Crippen MR) is 161 cm³/mol. The molecular weight excluding hydrogens is 496 g/mol. The molecule has 218 valence electrons. The smallest absolute Gasteiger partial charge is 0.320 e. The van der Waals surface area contributed by atoms with Gasteiger partial charge in [-0.05, 0) is 66.4 Å². The van der Waals surface area contributed by atoms with Gasteiger partial charge >= 0.3 is 11.9 Å². The highest BCUT2D eigenvalue weighted by molar-refractivity contribution is 5.94. The Balaban J connectivity index is 1.46. The van der Waals surface area contributed by atoms with Crippen molar-refractivity contribution in [2.24, 2.45) is 29.6 Å². The van der Waals surface area contributed by atoms with E-state index >= 15 is 0 Å². The summed E-state index contributed by atoms with van der Waals surface area (Å²) in [6, 6.07) is 21.0. The standard InChI is InChI=1S/C36H50O4/c1-24-18-20-29(35(4,5)27-14-10-8-11-15-27)31(22-24)39-33(37)26(3)34(38)40-32-23-25(2)19-21-30(32)36(6,7)28-16-12-9-13-17-28/h8-17,24-26,29-32H,18-23H2,1-7H3/t24-,25-,29-,30-,31-,32-/m1/s1. The molecule has 0 radical (unpaired) electrons. The molecule has 0 bridgehead atoms. The lowest BCUT2D eigenvalue weighted by molar-refractivity contribution is -0.174. The summed E-state index contributed by atoms with van der Waals surface area (Å²) in [5, 5.41) is 0. The second kappa shape index (κ2) is 12.5. The molecule has 2 saturated carbocycles. The molecular formula is C36H50O4. The Kier molecular flexibility index (Phi) is 9.47. The molecule has 2 aliphatic carbocycles. The van der Waals surface area contributed by atoms with Crippen molar-refractivity contribution in [1.29, 1.82) is 0 Å². The average Bonchev–Trinajstić information content (AvgIpc) is 2.93. The minimum atomic E-state index is -0.949. The maximum Gasteiger partial charge on any atom is 0.320 e. The quantitative estimate of drug-likeness (QED) is 0.247. The summed E-state index contributed by atoms with van der Waals surface area (Å²) in [5.41, 5.74) is 2.21. The summed E-state index contributed by atoms with van der Waals surface area (Å²) in [6.07, 6.45) is 5.42. The van der Waals surface area contributed by atoms with Crippen LogP contribution >= 0.6 is 0 Å². The molecule has 2 fully saturated rings. The van der Waals surface area contributed by atoms with Gasteiger partial charge in [0.05, 0.1) is 0 Å². The molecule has 0 saturated heterocycles. The van der Waals surface area contributed by atoms with E-state index in [0.717, 1.165) is 38.5 Å². The SMILES string of the molecule is CC(C(=O)O[C@@H]1C[C@H](C)CC[C@H]1C(C)(C)c1ccccc1)C(=O)O[C@@H]1C[C@H](C)CC[C@H]1C(C)(C)c1ccccc1. The summed E-state index contributed by atoms with van der Waals surface area (Å²) in [6.45, 7) is 15.1. The van der Waals surface area contributed by atoms with Crippen molar-refractivity contribution in [2.45, 2.75) is 110 Å². The van der Waals surface area contributed by atoms with Crippen LogP contribution in [0.3, 0.4) is 0 Å². The Hall–Kier alpha value is -2.62. The molecule has 4 heteroatoms. The molecule has 6 atom stereocenters. The van der Waals surface area contributed by atoms with Gasteiger partial charge < -0.3 is 9.47 Å². The predicted octanol–water partition coefficient (Wildman–Crippen LogP) is 8.27. The number of hydrogen-bond acceptors (Lipinski definition) is 4. The van der Waals surface area contributed by atoms with Crippen LogP contribution < -0.4 is 0 Å². The molecule has 0 unspecified atom stereocenters. The normalized spacial score (nSPS) is 27.7. The van der Waals surface area contributed by atoms with E-state index in [1.54, 1.807) is 6.92 Å². The van der Waals surface area contributed by atoms with Gasteiger partial charge in [0.25, 0.3) is 0 Å². The van der Waals surface area contributed by atoms with Crippen molar-refractivity contribution in [3.05, 3.63) is 71.8 Å². The fourth-order valence-electron chi connectivity index (χ4n) is 7.33. The van der Waals surface area contributed by atoms with Gasteiger partial charge in [-0.3, -0.25) is 9.59 Å². The lowest BCUT2D eigenvalue weighted by atomic mass is 9.64.